The number of amides is 2. The van der Waals surface area contributed by atoms with Gasteiger partial charge in [0.15, 0.2) is 0 Å². The number of carbonyl (C=O) groups is 3. The minimum atomic E-state index is -0.511. The number of imide groups is 1. The number of ether oxygens (including phenoxy) is 3. The van der Waals surface area contributed by atoms with Crippen molar-refractivity contribution < 1.29 is 28.6 Å². The summed E-state index contributed by atoms with van der Waals surface area (Å²) in [4.78, 5) is 40.4. The summed E-state index contributed by atoms with van der Waals surface area (Å²) < 4.78 is 15.3. The van der Waals surface area contributed by atoms with E-state index in [4.69, 9.17) is 14.2 Å². The van der Waals surface area contributed by atoms with Crippen molar-refractivity contribution in [2.75, 3.05) is 39.3 Å². The first-order chi connectivity index (χ1) is 13.0. The standard InChI is InChI=1S/C19H24N2O6/c1-25-13-4-5-14(16(10-13)26-2)21-17(22)11-15(18(21)23)20-8-6-12(7-9-20)19(24)27-3/h4-5,10,12,15H,6-9,11H2,1-3H3/t15-/m0/s1. The van der Waals surface area contributed by atoms with Crippen LogP contribution in [0.2, 0.25) is 0 Å². The van der Waals surface area contributed by atoms with E-state index in [1.807, 2.05) is 4.90 Å². The van der Waals surface area contributed by atoms with Gasteiger partial charge in [-0.1, -0.05) is 0 Å². The molecule has 27 heavy (non-hydrogen) atoms. The zero-order valence-electron chi connectivity index (χ0n) is 15.8. The van der Waals surface area contributed by atoms with E-state index in [-0.39, 0.29) is 30.1 Å². The van der Waals surface area contributed by atoms with Crippen LogP contribution in [0.15, 0.2) is 18.2 Å². The number of piperidine rings is 1. The SMILES string of the molecule is COC(=O)C1CCN([C@H]2CC(=O)N(c3ccc(OC)cc3OC)C2=O)CC1. The highest BCUT2D eigenvalue weighted by atomic mass is 16.5. The molecule has 2 heterocycles. The zero-order valence-corrected chi connectivity index (χ0v) is 15.8. The summed E-state index contributed by atoms with van der Waals surface area (Å²) >= 11 is 0. The maximum Gasteiger partial charge on any atom is 0.308 e. The largest absolute Gasteiger partial charge is 0.497 e. The van der Waals surface area contributed by atoms with Crippen LogP contribution >= 0.6 is 0 Å². The van der Waals surface area contributed by atoms with Gasteiger partial charge in [0.25, 0.3) is 5.91 Å². The van der Waals surface area contributed by atoms with E-state index in [1.54, 1.807) is 18.2 Å². The Balaban J connectivity index is 1.76. The van der Waals surface area contributed by atoms with Crippen LogP contribution in [0, 0.1) is 5.92 Å². The molecule has 0 radical (unpaired) electrons. The molecule has 2 fully saturated rings. The van der Waals surface area contributed by atoms with Crippen molar-refractivity contribution in [1.82, 2.24) is 4.90 Å². The van der Waals surface area contributed by atoms with Crippen molar-refractivity contribution in [1.29, 1.82) is 0 Å². The second-order valence-corrected chi connectivity index (χ2v) is 6.66. The Bertz CT molecular complexity index is 742. The molecule has 8 nitrogen and oxygen atoms in total. The number of hydrogen-bond donors (Lipinski definition) is 0. The molecule has 2 saturated heterocycles. The lowest BCUT2D eigenvalue weighted by atomic mass is 9.95. The number of benzene rings is 1. The number of nitrogens with zero attached hydrogens (tertiary/aromatic N) is 2. The van der Waals surface area contributed by atoms with E-state index in [0.29, 0.717) is 43.1 Å². The van der Waals surface area contributed by atoms with E-state index in [1.165, 1.54) is 26.2 Å². The minimum absolute atomic E-state index is 0.122. The Labute approximate surface area is 158 Å². The van der Waals surface area contributed by atoms with Crippen LogP contribution in [0.25, 0.3) is 0 Å². The Morgan fingerprint density at radius 3 is 2.37 bits per heavy atom. The first-order valence-corrected chi connectivity index (χ1v) is 8.90. The topological polar surface area (TPSA) is 85.4 Å². The van der Waals surface area contributed by atoms with Gasteiger partial charge in [-0.05, 0) is 38.1 Å². The molecule has 2 aliphatic heterocycles. The summed E-state index contributed by atoms with van der Waals surface area (Å²) in [5.41, 5.74) is 0.417. The fourth-order valence-corrected chi connectivity index (χ4v) is 3.74. The van der Waals surface area contributed by atoms with Gasteiger partial charge in [-0.2, -0.15) is 0 Å². The summed E-state index contributed by atoms with van der Waals surface area (Å²) in [7, 11) is 4.40. The van der Waals surface area contributed by atoms with Crippen LogP contribution in [0.4, 0.5) is 5.69 Å². The van der Waals surface area contributed by atoms with Crippen molar-refractivity contribution in [3.63, 3.8) is 0 Å². The number of likely N-dealkylation sites (tertiary alicyclic amines) is 1. The van der Waals surface area contributed by atoms with Gasteiger partial charge in [-0.15, -0.1) is 0 Å². The van der Waals surface area contributed by atoms with Gasteiger partial charge in [0.1, 0.15) is 11.5 Å². The number of hydrogen-bond acceptors (Lipinski definition) is 7. The third-order valence-corrected chi connectivity index (χ3v) is 5.26. The monoisotopic (exact) mass is 376 g/mol. The molecule has 0 bridgehead atoms. The van der Waals surface area contributed by atoms with Gasteiger partial charge < -0.3 is 14.2 Å². The number of rotatable bonds is 5. The van der Waals surface area contributed by atoms with Gasteiger partial charge in [-0.25, -0.2) is 4.90 Å². The molecular formula is C19H24N2O6. The third-order valence-electron chi connectivity index (χ3n) is 5.26. The fraction of sp³-hybridized carbons (Fsp3) is 0.526. The maximum atomic E-state index is 13.0. The molecule has 3 rings (SSSR count). The summed E-state index contributed by atoms with van der Waals surface area (Å²) in [6.45, 7) is 1.16. The van der Waals surface area contributed by atoms with E-state index >= 15 is 0 Å². The highest BCUT2D eigenvalue weighted by Gasteiger charge is 2.44. The molecule has 2 aliphatic rings. The number of methoxy groups -OCH3 is 3. The molecule has 146 valence electrons. The molecule has 0 aliphatic carbocycles. The predicted molar refractivity (Wildman–Crippen MR) is 96.8 cm³/mol. The van der Waals surface area contributed by atoms with Gasteiger partial charge in [0, 0.05) is 6.07 Å². The molecule has 2 amide bonds. The van der Waals surface area contributed by atoms with E-state index in [9.17, 15) is 14.4 Å². The average molecular weight is 376 g/mol. The van der Waals surface area contributed by atoms with Gasteiger partial charge in [-0.3, -0.25) is 19.3 Å². The molecule has 1 aromatic rings. The predicted octanol–water partition coefficient (Wildman–Crippen LogP) is 1.22. The van der Waals surface area contributed by atoms with Crippen molar-refractivity contribution in [3.8, 4) is 11.5 Å². The van der Waals surface area contributed by atoms with Crippen molar-refractivity contribution in [3.05, 3.63) is 18.2 Å². The molecule has 0 N–H and O–H groups in total. The van der Waals surface area contributed by atoms with Crippen LogP contribution < -0.4 is 14.4 Å². The van der Waals surface area contributed by atoms with E-state index in [0.717, 1.165) is 0 Å². The van der Waals surface area contributed by atoms with Crippen LogP contribution in [-0.2, 0) is 19.1 Å². The second-order valence-electron chi connectivity index (χ2n) is 6.66. The van der Waals surface area contributed by atoms with Crippen molar-refractivity contribution >= 4 is 23.5 Å². The molecule has 1 aromatic carbocycles. The Morgan fingerprint density at radius 2 is 1.78 bits per heavy atom. The normalized spacial score (nSPS) is 21.4. The third kappa shape index (κ3) is 3.62. The second kappa shape index (κ2) is 7.96. The van der Waals surface area contributed by atoms with Gasteiger partial charge in [0.2, 0.25) is 5.91 Å². The highest BCUT2D eigenvalue weighted by Crippen LogP contribution is 2.36. The van der Waals surface area contributed by atoms with Crippen LogP contribution in [0.5, 0.6) is 11.5 Å². The molecule has 0 aromatic heterocycles. The first kappa shape index (κ1) is 19.2. The molecule has 1 atom stereocenters. The van der Waals surface area contributed by atoms with Crippen LogP contribution in [-0.4, -0.2) is 63.1 Å². The smallest absolute Gasteiger partial charge is 0.308 e. The lowest BCUT2D eigenvalue weighted by Crippen LogP contribution is -2.47. The summed E-state index contributed by atoms with van der Waals surface area (Å²) in [6, 6.07) is 4.47. The number of anilines is 1. The lowest BCUT2D eigenvalue weighted by Gasteiger charge is -2.33. The fourth-order valence-electron chi connectivity index (χ4n) is 3.74. The summed E-state index contributed by atoms with van der Waals surface area (Å²) in [5, 5.41) is 0. The van der Waals surface area contributed by atoms with E-state index in [2.05, 4.69) is 0 Å². The maximum absolute atomic E-state index is 13.0. The number of esters is 1. The summed E-state index contributed by atoms with van der Waals surface area (Å²) in [5.74, 6) is 0.102. The Hall–Kier alpha value is -2.61. The lowest BCUT2D eigenvalue weighted by molar-refractivity contribution is -0.147. The molecular weight excluding hydrogens is 352 g/mol. The summed E-state index contributed by atoms with van der Waals surface area (Å²) in [6.07, 6.45) is 1.36. The Kier molecular flexibility index (Phi) is 5.65. The molecule has 8 heteroatoms. The molecule has 0 unspecified atom stereocenters. The Morgan fingerprint density at radius 1 is 1.07 bits per heavy atom. The van der Waals surface area contributed by atoms with Crippen molar-refractivity contribution in [2.24, 2.45) is 5.92 Å². The molecule has 0 saturated carbocycles. The van der Waals surface area contributed by atoms with Crippen LogP contribution in [0.1, 0.15) is 19.3 Å². The highest BCUT2D eigenvalue weighted by molar-refractivity contribution is 6.23. The van der Waals surface area contributed by atoms with Crippen LogP contribution in [0.3, 0.4) is 0 Å². The van der Waals surface area contributed by atoms with Gasteiger partial charge in [0.05, 0.1) is 45.4 Å². The number of carbonyl (C=O) groups excluding carboxylic acids is 3. The van der Waals surface area contributed by atoms with E-state index < -0.39 is 6.04 Å². The zero-order chi connectivity index (χ0) is 19.6. The van der Waals surface area contributed by atoms with Crippen molar-refractivity contribution in [2.45, 2.75) is 25.3 Å². The first-order valence-electron chi connectivity index (χ1n) is 8.90. The quantitative estimate of drug-likeness (QED) is 0.564. The minimum Gasteiger partial charge on any atom is -0.497 e. The molecule has 0 spiro atoms. The average Bonchev–Trinajstić information content (AvgIpc) is 3.00. The van der Waals surface area contributed by atoms with Gasteiger partial charge >= 0.3 is 5.97 Å².